The summed E-state index contributed by atoms with van der Waals surface area (Å²) in [6.45, 7) is 2.62. The van der Waals surface area contributed by atoms with E-state index in [4.69, 9.17) is 4.52 Å². The van der Waals surface area contributed by atoms with Gasteiger partial charge in [0.1, 0.15) is 10.6 Å². The number of aliphatic hydroxyl groups excluding tert-OH is 1. The van der Waals surface area contributed by atoms with Gasteiger partial charge >= 0.3 is 0 Å². The van der Waals surface area contributed by atoms with Crippen LogP contribution in [0.1, 0.15) is 23.1 Å². The lowest BCUT2D eigenvalue weighted by Crippen LogP contribution is -2.31. The number of rotatable bonds is 5. The van der Waals surface area contributed by atoms with Crippen LogP contribution < -0.4 is 0 Å². The maximum atomic E-state index is 13.2. The van der Waals surface area contributed by atoms with E-state index < -0.39 is 27.8 Å². The minimum atomic E-state index is -3.93. The van der Waals surface area contributed by atoms with E-state index in [1.807, 2.05) is 0 Å². The minimum absolute atomic E-state index is 0.0718. The first-order valence-electron chi connectivity index (χ1n) is 6.66. The monoisotopic (exact) mass is 346 g/mol. The highest BCUT2D eigenvalue weighted by molar-refractivity contribution is 7.89. The van der Waals surface area contributed by atoms with Crippen molar-refractivity contribution in [2.75, 3.05) is 13.6 Å². The molecule has 0 aliphatic heterocycles. The molecule has 0 radical (unpaired) electrons. The third-order valence-corrected chi connectivity index (χ3v) is 5.46. The molecule has 6 nitrogen and oxygen atoms in total. The maximum absolute atomic E-state index is 13.2. The van der Waals surface area contributed by atoms with Crippen LogP contribution in [0.25, 0.3) is 0 Å². The van der Waals surface area contributed by atoms with Crippen LogP contribution in [0.15, 0.2) is 27.6 Å². The molecule has 0 spiro atoms. The van der Waals surface area contributed by atoms with E-state index in [0.29, 0.717) is 0 Å². The standard InChI is InChI=1S/C14H16F2N2O4S/c1-8-14(9(2)22-17-8)23(20,21)18(3)7-13(19)10-4-5-11(15)12(16)6-10/h4-6,13,19H,7H2,1-3H3. The minimum Gasteiger partial charge on any atom is -0.387 e. The van der Waals surface area contributed by atoms with Crippen LogP contribution in [-0.2, 0) is 10.0 Å². The van der Waals surface area contributed by atoms with Crippen LogP contribution in [0.2, 0.25) is 0 Å². The lowest BCUT2D eigenvalue weighted by molar-refractivity contribution is 0.154. The molecule has 1 N–H and O–H groups in total. The summed E-state index contributed by atoms with van der Waals surface area (Å²) < 4.78 is 56.9. The molecule has 126 valence electrons. The number of nitrogens with zero attached hydrogens (tertiary/aromatic N) is 2. The van der Waals surface area contributed by atoms with E-state index >= 15 is 0 Å². The Morgan fingerprint density at radius 2 is 1.96 bits per heavy atom. The zero-order chi connectivity index (χ0) is 17.4. The Hall–Kier alpha value is -1.84. The number of halogens is 2. The topological polar surface area (TPSA) is 83.6 Å². The second-order valence-electron chi connectivity index (χ2n) is 5.13. The molecule has 0 amide bonds. The van der Waals surface area contributed by atoms with Gasteiger partial charge in [0.25, 0.3) is 0 Å². The maximum Gasteiger partial charge on any atom is 0.248 e. The van der Waals surface area contributed by atoms with Gasteiger partial charge < -0.3 is 9.63 Å². The number of aryl methyl sites for hydroxylation is 2. The predicted octanol–water partition coefficient (Wildman–Crippen LogP) is 1.92. The molecule has 1 aromatic carbocycles. The van der Waals surface area contributed by atoms with E-state index in [-0.39, 0.29) is 28.5 Å². The number of likely N-dealkylation sites (N-methyl/N-ethyl adjacent to an activating group) is 1. The van der Waals surface area contributed by atoms with Crippen LogP contribution in [0.5, 0.6) is 0 Å². The molecule has 23 heavy (non-hydrogen) atoms. The van der Waals surface area contributed by atoms with Gasteiger partial charge in [-0.05, 0) is 31.5 Å². The smallest absolute Gasteiger partial charge is 0.248 e. The van der Waals surface area contributed by atoms with Gasteiger partial charge in [0, 0.05) is 13.6 Å². The Labute approximate surface area is 132 Å². The van der Waals surface area contributed by atoms with Gasteiger partial charge in [0.05, 0.1) is 6.10 Å². The summed E-state index contributed by atoms with van der Waals surface area (Å²) in [5.41, 5.74) is 0.279. The fraction of sp³-hybridized carbons (Fsp3) is 0.357. The van der Waals surface area contributed by atoms with Gasteiger partial charge in [-0.2, -0.15) is 4.31 Å². The van der Waals surface area contributed by atoms with Crippen LogP contribution in [0.3, 0.4) is 0 Å². The summed E-state index contributed by atoms with van der Waals surface area (Å²) in [6, 6.07) is 2.90. The van der Waals surface area contributed by atoms with Crippen molar-refractivity contribution in [1.29, 1.82) is 0 Å². The Balaban J connectivity index is 2.24. The van der Waals surface area contributed by atoms with E-state index in [1.54, 1.807) is 0 Å². The Morgan fingerprint density at radius 3 is 2.48 bits per heavy atom. The van der Waals surface area contributed by atoms with Crippen molar-refractivity contribution in [3.8, 4) is 0 Å². The molecular formula is C14H16F2N2O4S. The predicted molar refractivity (Wildman–Crippen MR) is 77.1 cm³/mol. The third kappa shape index (κ3) is 3.41. The fourth-order valence-electron chi connectivity index (χ4n) is 2.17. The molecule has 2 rings (SSSR count). The van der Waals surface area contributed by atoms with Crippen molar-refractivity contribution in [3.63, 3.8) is 0 Å². The summed E-state index contributed by atoms with van der Waals surface area (Å²) >= 11 is 0. The quantitative estimate of drug-likeness (QED) is 0.894. The van der Waals surface area contributed by atoms with Crippen molar-refractivity contribution >= 4 is 10.0 Å². The molecule has 0 saturated carbocycles. The number of aliphatic hydroxyl groups is 1. The largest absolute Gasteiger partial charge is 0.387 e. The van der Waals surface area contributed by atoms with Crippen LogP contribution in [0.4, 0.5) is 8.78 Å². The molecular weight excluding hydrogens is 330 g/mol. The third-order valence-electron chi connectivity index (χ3n) is 3.39. The summed E-state index contributed by atoms with van der Waals surface area (Å²) in [5, 5.41) is 13.7. The van der Waals surface area contributed by atoms with E-state index in [2.05, 4.69) is 5.16 Å². The first-order chi connectivity index (χ1) is 10.6. The van der Waals surface area contributed by atoms with Crippen LogP contribution in [-0.4, -0.2) is 36.6 Å². The zero-order valence-corrected chi connectivity index (χ0v) is 13.6. The lowest BCUT2D eigenvalue weighted by Gasteiger charge is -2.20. The van der Waals surface area contributed by atoms with E-state index in [0.717, 1.165) is 16.4 Å². The summed E-state index contributed by atoms with van der Waals surface area (Å²) in [7, 11) is -2.66. The van der Waals surface area contributed by atoms with Gasteiger partial charge in [-0.1, -0.05) is 11.2 Å². The van der Waals surface area contributed by atoms with Crippen molar-refractivity contribution in [3.05, 3.63) is 46.9 Å². The molecule has 0 aliphatic rings. The molecule has 2 aromatic rings. The number of hydrogen-bond donors (Lipinski definition) is 1. The summed E-state index contributed by atoms with van der Waals surface area (Å²) in [5.74, 6) is -2.02. The second-order valence-corrected chi connectivity index (χ2v) is 7.11. The molecule has 1 heterocycles. The number of benzene rings is 1. The van der Waals surface area contributed by atoms with Gasteiger partial charge in [0.15, 0.2) is 17.4 Å². The molecule has 0 bridgehead atoms. The molecule has 0 aliphatic carbocycles. The first kappa shape index (κ1) is 17.5. The Bertz CT molecular complexity index is 801. The van der Waals surface area contributed by atoms with E-state index in [9.17, 15) is 22.3 Å². The van der Waals surface area contributed by atoms with Gasteiger partial charge in [-0.3, -0.25) is 0 Å². The summed E-state index contributed by atoms with van der Waals surface area (Å²) in [4.78, 5) is -0.0718. The van der Waals surface area contributed by atoms with Gasteiger partial charge in [-0.25, -0.2) is 17.2 Å². The molecule has 1 atom stereocenters. The van der Waals surface area contributed by atoms with E-state index in [1.165, 1.54) is 27.0 Å². The molecule has 0 fully saturated rings. The molecule has 1 aromatic heterocycles. The molecule has 0 saturated heterocycles. The zero-order valence-electron chi connectivity index (χ0n) is 12.7. The fourth-order valence-corrected chi connectivity index (χ4v) is 3.63. The van der Waals surface area contributed by atoms with Crippen molar-refractivity contribution in [2.45, 2.75) is 24.8 Å². The first-order valence-corrected chi connectivity index (χ1v) is 8.10. The number of aromatic nitrogens is 1. The van der Waals surface area contributed by atoms with Gasteiger partial charge in [-0.15, -0.1) is 0 Å². The SMILES string of the molecule is Cc1noc(C)c1S(=O)(=O)N(C)CC(O)c1ccc(F)c(F)c1. The van der Waals surface area contributed by atoms with Crippen molar-refractivity contribution < 1.29 is 26.8 Å². The van der Waals surface area contributed by atoms with Gasteiger partial charge in [0.2, 0.25) is 10.0 Å². The normalized spacial score (nSPS) is 13.5. The molecule has 9 heteroatoms. The highest BCUT2D eigenvalue weighted by Gasteiger charge is 2.30. The van der Waals surface area contributed by atoms with Crippen molar-refractivity contribution in [2.24, 2.45) is 0 Å². The second kappa shape index (κ2) is 6.34. The lowest BCUT2D eigenvalue weighted by atomic mass is 10.1. The van der Waals surface area contributed by atoms with Crippen LogP contribution in [0, 0.1) is 25.5 Å². The average molecular weight is 346 g/mol. The Morgan fingerprint density at radius 1 is 1.30 bits per heavy atom. The van der Waals surface area contributed by atoms with Crippen LogP contribution >= 0.6 is 0 Å². The highest BCUT2D eigenvalue weighted by Crippen LogP contribution is 2.24. The molecule has 1 unspecified atom stereocenters. The van der Waals surface area contributed by atoms with Crippen molar-refractivity contribution in [1.82, 2.24) is 9.46 Å². The highest BCUT2D eigenvalue weighted by atomic mass is 32.2. The average Bonchev–Trinajstić information content (AvgIpc) is 2.81. The summed E-state index contributed by atoms with van der Waals surface area (Å²) in [6.07, 6.45) is -1.31. The number of sulfonamides is 1. The Kier molecular flexibility index (Phi) is 4.83. The number of hydrogen-bond acceptors (Lipinski definition) is 5.